The van der Waals surface area contributed by atoms with Gasteiger partial charge in [-0.1, -0.05) is 0 Å². The highest BCUT2D eigenvalue weighted by atomic mass is 32.1. The highest BCUT2D eigenvalue weighted by Gasteiger charge is 2.26. The van der Waals surface area contributed by atoms with Gasteiger partial charge in [0, 0.05) is 12.0 Å². The van der Waals surface area contributed by atoms with Crippen molar-refractivity contribution in [1.29, 1.82) is 0 Å². The van der Waals surface area contributed by atoms with Gasteiger partial charge in [0.05, 0.1) is 5.69 Å². The Morgan fingerprint density at radius 1 is 1.75 bits per heavy atom. The molecule has 5 nitrogen and oxygen atoms in total. The van der Waals surface area contributed by atoms with Crippen LogP contribution in [0.2, 0.25) is 0 Å². The SMILES string of the molecule is CCOC(C)(C)c1nc(C(N)C(=O)O)cs1. The maximum Gasteiger partial charge on any atom is 0.326 e. The lowest BCUT2D eigenvalue weighted by molar-refractivity contribution is -0.138. The number of nitrogens with zero attached hydrogens (tertiary/aromatic N) is 1. The van der Waals surface area contributed by atoms with E-state index < -0.39 is 17.6 Å². The quantitative estimate of drug-likeness (QED) is 0.819. The Bertz CT molecular complexity index is 376. The molecule has 0 amide bonds. The maximum absolute atomic E-state index is 10.7. The molecular formula is C10H16N2O3S. The molecule has 1 rings (SSSR count). The van der Waals surface area contributed by atoms with E-state index in [1.807, 2.05) is 20.8 Å². The van der Waals surface area contributed by atoms with E-state index >= 15 is 0 Å². The first-order valence-electron chi connectivity index (χ1n) is 4.96. The number of rotatable bonds is 5. The number of aliphatic carboxylic acids is 1. The first-order valence-corrected chi connectivity index (χ1v) is 5.84. The highest BCUT2D eigenvalue weighted by Crippen LogP contribution is 2.28. The van der Waals surface area contributed by atoms with Crippen molar-refractivity contribution in [1.82, 2.24) is 4.98 Å². The van der Waals surface area contributed by atoms with Gasteiger partial charge in [0.1, 0.15) is 16.7 Å². The largest absolute Gasteiger partial charge is 0.480 e. The van der Waals surface area contributed by atoms with Crippen molar-refractivity contribution in [2.75, 3.05) is 6.61 Å². The number of hydrogen-bond acceptors (Lipinski definition) is 5. The second kappa shape index (κ2) is 4.90. The molecule has 0 aromatic carbocycles. The maximum atomic E-state index is 10.7. The molecule has 0 aliphatic rings. The predicted octanol–water partition coefficient (Wildman–Crippen LogP) is 1.50. The molecule has 0 spiro atoms. The van der Waals surface area contributed by atoms with Gasteiger partial charge in [0.15, 0.2) is 0 Å². The molecule has 90 valence electrons. The normalized spacial score (nSPS) is 13.8. The van der Waals surface area contributed by atoms with E-state index in [2.05, 4.69) is 4.98 Å². The van der Waals surface area contributed by atoms with Gasteiger partial charge in [-0.3, -0.25) is 4.79 Å². The number of thiazole rings is 1. The third-order valence-electron chi connectivity index (χ3n) is 2.13. The average molecular weight is 244 g/mol. The number of nitrogens with two attached hydrogens (primary N) is 1. The summed E-state index contributed by atoms with van der Waals surface area (Å²) in [4.78, 5) is 14.9. The Hall–Kier alpha value is -0.980. The molecule has 0 aliphatic carbocycles. The Morgan fingerprint density at radius 3 is 2.88 bits per heavy atom. The molecule has 16 heavy (non-hydrogen) atoms. The zero-order valence-electron chi connectivity index (χ0n) is 9.56. The van der Waals surface area contributed by atoms with E-state index in [4.69, 9.17) is 15.6 Å². The Morgan fingerprint density at radius 2 is 2.38 bits per heavy atom. The topological polar surface area (TPSA) is 85.4 Å². The molecule has 1 atom stereocenters. The Labute approximate surface area is 98.3 Å². The third kappa shape index (κ3) is 2.78. The Balaban J connectivity index is 2.90. The molecule has 0 fully saturated rings. The highest BCUT2D eigenvalue weighted by molar-refractivity contribution is 7.09. The molecule has 1 aromatic rings. The summed E-state index contributed by atoms with van der Waals surface area (Å²) in [6, 6.07) is -1.07. The summed E-state index contributed by atoms with van der Waals surface area (Å²) >= 11 is 1.36. The van der Waals surface area contributed by atoms with E-state index in [1.54, 1.807) is 5.38 Å². The molecule has 0 aliphatic heterocycles. The van der Waals surface area contributed by atoms with Gasteiger partial charge in [-0.05, 0) is 20.8 Å². The molecule has 1 aromatic heterocycles. The first kappa shape index (κ1) is 13.1. The van der Waals surface area contributed by atoms with Crippen LogP contribution in [0.5, 0.6) is 0 Å². The monoisotopic (exact) mass is 244 g/mol. The smallest absolute Gasteiger partial charge is 0.326 e. The van der Waals surface area contributed by atoms with Crippen molar-refractivity contribution < 1.29 is 14.6 Å². The summed E-state index contributed by atoms with van der Waals surface area (Å²) in [6.07, 6.45) is 0. The molecule has 1 heterocycles. The number of aromatic nitrogens is 1. The van der Waals surface area contributed by atoms with Crippen LogP contribution in [-0.2, 0) is 15.1 Å². The van der Waals surface area contributed by atoms with Crippen molar-refractivity contribution >= 4 is 17.3 Å². The van der Waals surface area contributed by atoms with Crippen LogP contribution >= 0.6 is 11.3 Å². The van der Waals surface area contributed by atoms with Crippen LogP contribution in [0.3, 0.4) is 0 Å². The minimum atomic E-state index is -1.08. The fraction of sp³-hybridized carbons (Fsp3) is 0.600. The zero-order valence-corrected chi connectivity index (χ0v) is 10.4. The van der Waals surface area contributed by atoms with Crippen LogP contribution in [0.4, 0.5) is 0 Å². The summed E-state index contributed by atoms with van der Waals surface area (Å²) in [5.41, 5.74) is 5.34. The fourth-order valence-corrected chi connectivity index (χ4v) is 2.19. The summed E-state index contributed by atoms with van der Waals surface area (Å²) in [7, 11) is 0. The number of carboxylic acids is 1. The van der Waals surface area contributed by atoms with Crippen LogP contribution in [0.15, 0.2) is 5.38 Å². The van der Waals surface area contributed by atoms with Crippen molar-refractivity contribution in [3.63, 3.8) is 0 Å². The van der Waals surface area contributed by atoms with Crippen LogP contribution < -0.4 is 5.73 Å². The van der Waals surface area contributed by atoms with Crippen LogP contribution in [-0.4, -0.2) is 22.7 Å². The van der Waals surface area contributed by atoms with E-state index in [9.17, 15) is 4.79 Å². The third-order valence-corrected chi connectivity index (χ3v) is 3.29. The first-order chi connectivity index (χ1) is 7.38. The van der Waals surface area contributed by atoms with Crippen molar-refractivity contribution in [2.24, 2.45) is 5.73 Å². The predicted molar refractivity (Wildman–Crippen MR) is 61.3 cm³/mol. The van der Waals surface area contributed by atoms with Gasteiger partial charge < -0.3 is 15.6 Å². The van der Waals surface area contributed by atoms with E-state index in [0.29, 0.717) is 12.3 Å². The fourth-order valence-electron chi connectivity index (χ4n) is 1.25. The molecule has 0 saturated carbocycles. The molecule has 0 saturated heterocycles. The molecule has 0 bridgehead atoms. The minimum Gasteiger partial charge on any atom is -0.480 e. The van der Waals surface area contributed by atoms with Crippen LogP contribution in [0, 0.1) is 0 Å². The molecule has 0 radical (unpaired) electrons. The second-order valence-electron chi connectivity index (χ2n) is 3.84. The lowest BCUT2D eigenvalue weighted by Gasteiger charge is -2.21. The van der Waals surface area contributed by atoms with Crippen LogP contribution in [0.25, 0.3) is 0 Å². The van der Waals surface area contributed by atoms with Crippen molar-refractivity contribution in [3.05, 3.63) is 16.1 Å². The standard InChI is InChI=1S/C10H16N2O3S/c1-4-15-10(2,3)9-12-6(5-16-9)7(11)8(13)14/h5,7H,4,11H2,1-3H3,(H,13,14). The van der Waals surface area contributed by atoms with Gasteiger partial charge >= 0.3 is 5.97 Å². The van der Waals surface area contributed by atoms with Gasteiger partial charge in [-0.15, -0.1) is 11.3 Å². The summed E-state index contributed by atoms with van der Waals surface area (Å²) in [5, 5.41) is 11.2. The number of ether oxygens (including phenoxy) is 1. The molecular weight excluding hydrogens is 228 g/mol. The molecule has 6 heteroatoms. The van der Waals surface area contributed by atoms with Crippen LogP contribution in [0.1, 0.15) is 37.5 Å². The molecule has 3 N–H and O–H groups in total. The van der Waals surface area contributed by atoms with E-state index in [-0.39, 0.29) is 0 Å². The van der Waals surface area contributed by atoms with Crippen molar-refractivity contribution in [3.8, 4) is 0 Å². The number of carboxylic acid groups (broad SMARTS) is 1. The van der Waals surface area contributed by atoms with Gasteiger partial charge in [-0.25, -0.2) is 4.98 Å². The van der Waals surface area contributed by atoms with E-state index in [1.165, 1.54) is 11.3 Å². The number of hydrogen-bond donors (Lipinski definition) is 2. The zero-order chi connectivity index (χ0) is 12.3. The van der Waals surface area contributed by atoms with Crippen molar-refractivity contribution in [2.45, 2.75) is 32.4 Å². The number of carbonyl (C=O) groups is 1. The summed E-state index contributed by atoms with van der Waals surface area (Å²) in [6.45, 7) is 6.27. The van der Waals surface area contributed by atoms with E-state index in [0.717, 1.165) is 5.01 Å². The lowest BCUT2D eigenvalue weighted by Crippen LogP contribution is -2.23. The van der Waals surface area contributed by atoms with Gasteiger partial charge in [0.25, 0.3) is 0 Å². The average Bonchev–Trinajstić information content (AvgIpc) is 2.65. The minimum absolute atomic E-state index is 0.375. The van der Waals surface area contributed by atoms with Gasteiger partial charge in [0.2, 0.25) is 0 Å². The summed E-state index contributed by atoms with van der Waals surface area (Å²) < 4.78 is 5.53. The summed E-state index contributed by atoms with van der Waals surface area (Å²) in [5.74, 6) is -1.08. The molecule has 1 unspecified atom stereocenters. The Kier molecular flexibility index (Phi) is 4.01. The van der Waals surface area contributed by atoms with Gasteiger partial charge in [-0.2, -0.15) is 0 Å². The lowest BCUT2D eigenvalue weighted by atomic mass is 10.1. The second-order valence-corrected chi connectivity index (χ2v) is 4.69.